The van der Waals surface area contributed by atoms with Crippen molar-refractivity contribution in [1.29, 1.82) is 0 Å². The zero-order chi connectivity index (χ0) is 23.4. The van der Waals surface area contributed by atoms with E-state index in [9.17, 15) is 14.4 Å². The van der Waals surface area contributed by atoms with Crippen molar-refractivity contribution in [3.05, 3.63) is 75.0 Å². The SMILES string of the molecule is CCC(=O)Nc1cc(-c2ccc(Cl)cc2)nn([C@H](C)C(=O)Nc2ccc(C)cc2C)c1=O. The van der Waals surface area contributed by atoms with Crippen LogP contribution in [0, 0.1) is 13.8 Å². The van der Waals surface area contributed by atoms with Crippen molar-refractivity contribution in [1.82, 2.24) is 9.78 Å². The molecule has 2 aromatic carbocycles. The summed E-state index contributed by atoms with van der Waals surface area (Å²) in [7, 11) is 0. The van der Waals surface area contributed by atoms with Crippen molar-refractivity contribution in [2.45, 2.75) is 40.2 Å². The maximum atomic E-state index is 13.1. The van der Waals surface area contributed by atoms with Gasteiger partial charge in [0.2, 0.25) is 11.8 Å². The molecular formula is C24H25ClN4O3. The summed E-state index contributed by atoms with van der Waals surface area (Å²) in [6.45, 7) is 7.15. The Balaban J connectivity index is 2.02. The van der Waals surface area contributed by atoms with E-state index in [4.69, 9.17) is 11.6 Å². The molecule has 0 saturated heterocycles. The van der Waals surface area contributed by atoms with Crippen LogP contribution in [0.25, 0.3) is 11.3 Å². The molecule has 0 bridgehead atoms. The van der Waals surface area contributed by atoms with Gasteiger partial charge in [0, 0.05) is 22.7 Å². The van der Waals surface area contributed by atoms with Crippen molar-refractivity contribution in [2.24, 2.45) is 0 Å². The first-order valence-electron chi connectivity index (χ1n) is 10.3. The molecule has 32 heavy (non-hydrogen) atoms. The van der Waals surface area contributed by atoms with E-state index < -0.39 is 17.5 Å². The second-order valence-electron chi connectivity index (χ2n) is 7.59. The Morgan fingerprint density at radius 2 is 1.72 bits per heavy atom. The zero-order valence-electron chi connectivity index (χ0n) is 18.4. The summed E-state index contributed by atoms with van der Waals surface area (Å²) in [5, 5.41) is 10.4. The third kappa shape index (κ3) is 5.23. The molecule has 0 aliphatic heterocycles. The summed E-state index contributed by atoms with van der Waals surface area (Å²) in [6.07, 6.45) is 0.209. The van der Waals surface area contributed by atoms with E-state index in [-0.39, 0.29) is 18.0 Å². The number of halogens is 1. The van der Waals surface area contributed by atoms with Crippen LogP contribution in [0.5, 0.6) is 0 Å². The highest BCUT2D eigenvalue weighted by atomic mass is 35.5. The van der Waals surface area contributed by atoms with E-state index in [2.05, 4.69) is 15.7 Å². The number of hydrogen-bond acceptors (Lipinski definition) is 4. The molecule has 7 nitrogen and oxygen atoms in total. The number of rotatable bonds is 6. The normalized spacial score (nSPS) is 11.7. The third-order valence-electron chi connectivity index (χ3n) is 5.06. The maximum Gasteiger partial charge on any atom is 0.291 e. The Labute approximate surface area is 191 Å². The minimum atomic E-state index is -0.923. The van der Waals surface area contributed by atoms with Gasteiger partial charge in [-0.25, -0.2) is 4.68 Å². The first-order chi connectivity index (χ1) is 15.2. The first kappa shape index (κ1) is 23.2. The molecule has 0 unspecified atom stereocenters. The van der Waals surface area contributed by atoms with Crippen molar-refractivity contribution < 1.29 is 9.59 Å². The molecule has 0 spiro atoms. The van der Waals surface area contributed by atoms with Crippen molar-refractivity contribution in [3.8, 4) is 11.3 Å². The highest BCUT2D eigenvalue weighted by Gasteiger charge is 2.22. The summed E-state index contributed by atoms with van der Waals surface area (Å²) < 4.78 is 1.09. The second-order valence-corrected chi connectivity index (χ2v) is 8.02. The lowest BCUT2D eigenvalue weighted by Gasteiger charge is -2.18. The highest BCUT2D eigenvalue weighted by molar-refractivity contribution is 6.30. The fourth-order valence-electron chi connectivity index (χ4n) is 3.17. The second kappa shape index (κ2) is 9.78. The summed E-state index contributed by atoms with van der Waals surface area (Å²) in [5.74, 6) is -0.707. The summed E-state index contributed by atoms with van der Waals surface area (Å²) in [6, 6.07) is 13.2. The molecule has 3 rings (SSSR count). The molecule has 1 aromatic heterocycles. The number of nitrogens with one attached hydrogen (secondary N) is 2. The molecule has 8 heteroatoms. The van der Waals surface area contributed by atoms with Crippen LogP contribution in [0.4, 0.5) is 11.4 Å². The van der Waals surface area contributed by atoms with Gasteiger partial charge in [0.25, 0.3) is 5.56 Å². The van der Waals surface area contributed by atoms with Crippen LogP contribution in [0.3, 0.4) is 0 Å². The van der Waals surface area contributed by atoms with Crippen LogP contribution < -0.4 is 16.2 Å². The lowest BCUT2D eigenvalue weighted by Crippen LogP contribution is -2.35. The van der Waals surface area contributed by atoms with Gasteiger partial charge in [0.05, 0.1) is 5.69 Å². The van der Waals surface area contributed by atoms with Crippen molar-refractivity contribution in [2.75, 3.05) is 10.6 Å². The van der Waals surface area contributed by atoms with Gasteiger partial charge < -0.3 is 10.6 Å². The van der Waals surface area contributed by atoms with Gasteiger partial charge in [0.15, 0.2) is 0 Å². The van der Waals surface area contributed by atoms with Crippen LogP contribution in [-0.4, -0.2) is 21.6 Å². The maximum absolute atomic E-state index is 13.1. The number of aryl methyl sites for hydroxylation is 2. The third-order valence-corrected chi connectivity index (χ3v) is 5.31. The Morgan fingerprint density at radius 1 is 1.03 bits per heavy atom. The van der Waals surface area contributed by atoms with Gasteiger partial charge in [-0.05, 0) is 50.6 Å². The van der Waals surface area contributed by atoms with Crippen LogP contribution in [0.2, 0.25) is 5.02 Å². The van der Waals surface area contributed by atoms with E-state index in [1.807, 2.05) is 32.0 Å². The van der Waals surface area contributed by atoms with Crippen LogP contribution >= 0.6 is 11.6 Å². The van der Waals surface area contributed by atoms with Crippen LogP contribution in [-0.2, 0) is 9.59 Å². The average Bonchev–Trinajstić information content (AvgIpc) is 2.77. The monoisotopic (exact) mass is 452 g/mol. The highest BCUT2D eigenvalue weighted by Crippen LogP contribution is 2.22. The fourth-order valence-corrected chi connectivity index (χ4v) is 3.29. The number of hydrogen-bond donors (Lipinski definition) is 2. The molecule has 0 radical (unpaired) electrons. The van der Waals surface area contributed by atoms with Crippen molar-refractivity contribution >= 4 is 34.8 Å². The number of anilines is 2. The van der Waals surface area contributed by atoms with E-state index in [0.717, 1.165) is 15.8 Å². The van der Waals surface area contributed by atoms with E-state index in [1.54, 1.807) is 38.1 Å². The van der Waals surface area contributed by atoms with E-state index >= 15 is 0 Å². The number of amides is 2. The molecule has 0 aliphatic carbocycles. The van der Waals surface area contributed by atoms with Gasteiger partial charge >= 0.3 is 0 Å². The van der Waals surface area contributed by atoms with Crippen LogP contribution in [0.15, 0.2) is 53.3 Å². The number of nitrogens with zero attached hydrogens (tertiary/aromatic N) is 2. The number of benzene rings is 2. The zero-order valence-corrected chi connectivity index (χ0v) is 19.2. The smallest absolute Gasteiger partial charge is 0.291 e. The fraction of sp³-hybridized carbons (Fsp3) is 0.250. The predicted octanol–water partition coefficient (Wildman–Crippen LogP) is 4.73. The van der Waals surface area contributed by atoms with E-state index in [0.29, 0.717) is 22.0 Å². The topological polar surface area (TPSA) is 93.1 Å². The molecule has 1 atom stereocenters. The summed E-state index contributed by atoms with van der Waals surface area (Å²) in [5.41, 5.74) is 3.27. The lowest BCUT2D eigenvalue weighted by molar-refractivity contribution is -0.119. The van der Waals surface area contributed by atoms with Crippen molar-refractivity contribution in [3.63, 3.8) is 0 Å². The van der Waals surface area contributed by atoms with Gasteiger partial charge in [-0.1, -0.05) is 48.4 Å². The first-order valence-corrected chi connectivity index (χ1v) is 10.6. The molecule has 3 aromatic rings. The Hall–Kier alpha value is -3.45. The van der Waals surface area contributed by atoms with Gasteiger partial charge in [-0.15, -0.1) is 0 Å². The molecule has 0 saturated carbocycles. The van der Waals surface area contributed by atoms with Gasteiger partial charge in [-0.3, -0.25) is 14.4 Å². The lowest BCUT2D eigenvalue weighted by atomic mass is 10.1. The number of carbonyl (C=O) groups is 2. The molecule has 0 fully saturated rings. The molecular weight excluding hydrogens is 428 g/mol. The van der Waals surface area contributed by atoms with Gasteiger partial charge in [0.1, 0.15) is 11.7 Å². The minimum absolute atomic E-state index is 0.0583. The standard InChI is InChI=1S/C24H25ClN4O3/c1-5-22(30)26-21-13-20(17-7-9-18(25)10-8-17)28-29(24(21)32)16(4)23(31)27-19-11-6-14(2)12-15(19)3/h6-13,16H,5H2,1-4H3,(H,26,30)(H,27,31)/t16-/m1/s1. The number of carbonyl (C=O) groups excluding carboxylic acids is 2. The molecule has 1 heterocycles. The molecule has 2 N–H and O–H groups in total. The Morgan fingerprint density at radius 3 is 2.34 bits per heavy atom. The molecule has 166 valence electrons. The predicted molar refractivity (Wildman–Crippen MR) is 127 cm³/mol. The largest absolute Gasteiger partial charge is 0.324 e. The summed E-state index contributed by atoms with van der Waals surface area (Å²) in [4.78, 5) is 38.0. The Kier molecular flexibility index (Phi) is 7.10. The summed E-state index contributed by atoms with van der Waals surface area (Å²) >= 11 is 5.98. The van der Waals surface area contributed by atoms with Gasteiger partial charge in [-0.2, -0.15) is 5.10 Å². The quantitative estimate of drug-likeness (QED) is 0.565. The molecule has 0 aliphatic rings. The molecule has 2 amide bonds. The minimum Gasteiger partial charge on any atom is -0.324 e. The van der Waals surface area contributed by atoms with E-state index in [1.165, 1.54) is 6.07 Å². The number of aromatic nitrogens is 2. The van der Waals surface area contributed by atoms with Crippen LogP contribution in [0.1, 0.15) is 37.4 Å². The Bertz CT molecular complexity index is 1220. The average molecular weight is 453 g/mol.